The Hall–Kier alpha value is -2.87. The molecule has 0 bridgehead atoms. The van der Waals surface area contributed by atoms with Gasteiger partial charge >= 0.3 is 0 Å². The van der Waals surface area contributed by atoms with Crippen molar-refractivity contribution in [2.75, 3.05) is 12.3 Å². The molecule has 2 heterocycles. The molecule has 0 radical (unpaired) electrons. The normalized spacial score (nSPS) is 11.0. The number of benzene rings is 1. The molecule has 36 heavy (non-hydrogen) atoms. The van der Waals surface area contributed by atoms with E-state index in [1.807, 2.05) is 22.9 Å². The third-order valence-electron chi connectivity index (χ3n) is 6.23. The molecule has 0 fully saturated rings. The molecule has 1 amide bonds. The highest BCUT2D eigenvalue weighted by Crippen LogP contribution is 2.15. The minimum atomic E-state index is -0.0505. The van der Waals surface area contributed by atoms with Crippen molar-refractivity contribution >= 4 is 24.3 Å². The summed E-state index contributed by atoms with van der Waals surface area (Å²) in [7, 11) is 0. The maximum absolute atomic E-state index is 12.4. The average molecular weight is 516 g/mol. The van der Waals surface area contributed by atoms with Crippen LogP contribution in [-0.4, -0.2) is 37.0 Å². The van der Waals surface area contributed by atoms with Crippen molar-refractivity contribution < 1.29 is 4.79 Å². The quantitative estimate of drug-likeness (QED) is 0.271. The van der Waals surface area contributed by atoms with E-state index in [1.54, 1.807) is 4.68 Å². The smallest absolute Gasteiger partial charge is 0.251 e. The highest BCUT2D eigenvalue weighted by atomic mass is 35.5. The van der Waals surface area contributed by atoms with Gasteiger partial charge in [0.05, 0.1) is 17.9 Å². The van der Waals surface area contributed by atoms with Gasteiger partial charge in [-0.15, -0.1) is 17.5 Å². The lowest BCUT2D eigenvalue weighted by atomic mass is 10.1. The third kappa shape index (κ3) is 9.30. The average Bonchev–Trinajstić information content (AvgIpc) is 3.45. The minimum absolute atomic E-state index is 0. The Morgan fingerprint density at radius 2 is 1.67 bits per heavy atom. The van der Waals surface area contributed by atoms with Gasteiger partial charge in [-0.1, -0.05) is 43.5 Å². The fourth-order valence-electron chi connectivity index (χ4n) is 4.13. The molecule has 9 heteroatoms. The molecule has 0 aliphatic rings. The molecule has 8 nitrogen and oxygen atoms in total. The lowest BCUT2D eigenvalue weighted by Gasteiger charge is -2.06. The van der Waals surface area contributed by atoms with E-state index in [1.165, 1.54) is 24.8 Å². The zero-order valence-electron chi connectivity index (χ0n) is 21.9. The number of aryl methyl sites for hydroxylation is 3. The molecule has 198 valence electrons. The van der Waals surface area contributed by atoms with Crippen LogP contribution in [0.3, 0.4) is 0 Å². The van der Waals surface area contributed by atoms with Crippen molar-refractivity contribution in [1.29, 1.82) is 0 Å². The molecule has 0 aliphatic heterocycles. The minimum Gasteiger partial charge on any atom is -0.369 e. The molecule has 0 saturated carbocycles. The first-order valence-electron chi connectivity index (χ1n) is 13.1. The molecular weight excluding hydrogens is 474 g/mol. The Labute approximate surface area is 221 Å². The zero-order valence-corrected chi connectivity index (χ0v) is 22.8. The third-order valence-corrected chi connectivity index (χ3v) is 6.23. The number of carbonyl (C=O) groups excluding carboxylic acids is 1. The number of rotatable bonds is 15. The Morgan fingerprint density at radius 3 is 2.33 bits per heavy atom. The van der Waals surface area contributed by atoms with Crippen molar-refractivity contribution in [3.05, 3.63) is 59.2 Å². The van der Waals surface area contributed by atoms with Gasteiger partial charge in [0, 0.05) is 30.5 Å². The Bertz CT molecular complexity index is 1040. The Kier molecular flexibility index (Phi) is 12.5. The predicted octanol–water partition coefficient (Wildman–Crippen LogP) is 5.18. The van der Waals surface area contributed by atoms with Crippen LogP contribution < -0.4 is 11.1 Å². The molecule has 0 aliphatic carbocycles. The summed E-state index contributed by atoms with van der Waals surface area (Å²) >= 11 is 0. The van der Waals surface area contributed by atoms with Crippen LogP contribution in [0, 0.1) is 0 Å². The van der Waals surface area contributed by atoms with Crippen molar-refractivity contribution in [2.24, 2.45) is 0 Å². The highest BCUT2D eigenvalue weighted by Gasteiger charge is 2.08. The number of hydrogen-bond acceptors (Lipinski definition) is 5. The maximum Gasteiger partial charge on any atom is 0.251 e. The molecule has 1 aromatic carbocycles. The van der Waals surface area contributed by atoms with Gasteiger partial charge < -0.3 is 15.6 Å². The molecular formula is C27H42ClN7O. The lowest BCUT2D eigenvalue weighted by molar-refractivity contribution is 0.0952. The van der Waals surface area contributed by atoms with Gasteiger partial charge in [-0.2, -0.15) is 0 Å². The van der Waals surface area contributed by atoms with Crippen LogP contribution in [0.15, 0.2) is 36.7 Å². The predicted molar refractivity (Wildman–Crippen MR) is 148 cm³/mol. The number of imidazole rings is 1. The van der Waals surface area contributed by atoms with Gasteiger partial charge in [0.15, 0.2) is 0 Å². The summed E-state index contributed by atoms with van der Waals surface area (Å²) in [5, 5.41) is 11.4. The number of hydrogen-bond donors (Lipinski definition) is 2. The summed E-state index contributed by atoms with van der Waals surface area (Å²) in [4.78, 5) is 16.9. The second-order valence-electron chi connectivity index (χ2n) is 9.54. The number of nitrogen functional groups attached to an aromatic ring is 1. The monoisotopic (exact) mass is 515 g/mol. The number of nitrogens with zero attached hydrogens (tertiary/aromatic N) is 5. The van der Waals surface area contributed by atoms with E-state index in [2.05, 4.69) is 59.7 Å². The molecule has 0 unspecified atom stereocenters. The standard InChI is InChI=1S/C27H41N7O.ClH/c1-4-5-7-10-22-13-15-23(16-14-22)26(35)29-17-18-33-19-25(31-32-33)12-9-6-8-11-24-20-34(21(2)3)27(28)30-24;/h13-16,19-21H,4-12,17-18H2,1-3H3,(H2,28,30)(H,29,35);1H. The molecule has 0 atom stereocenters. The van der Waals surface area contributed by atoms with Crippen LogP contribution in [0.1, 0.15) is 92.6 Å². The van der Waals surface area contributed by atoms with E-state index in [0.29, 0.717) is 30.6 Å². The van der Waals surface area contributed by atoms with E-state index in [9.17, 15) is 4.79 Å². The summed E-state index contributed by atoms with van der Waals surface area (Å²) in [5.74, 6) is 0.545. The largest absolute Gasteiger partial charge is 0.369 e. The summed E-state index contributed by atoms with van der Waals surface area (Å²) in [6.45, 7) is 7.55. The SMILES string of the molecule is CCCCCc1ccc(C(=O)NCCn2cc(CCCCCc3cn(C(C)C)c(N)n3)nn2)cc1.Cl. The van der Waals surface area contributed by atoms with Crippen molar-refractivity contribution in [3.8, 4) is 0 Å². The molecule has 0 spiro atoms. The first kappa shape index (κ1) is 29.4. The zero-order chi connectivity index (χ0) is 25.0. The number of unbranched alkanes of at least 4 members (excludes halogenated alkanes) is 4. The fraction of sp³-hybridized carbons (Fsp3) is 0.556. The van der Waals surface area contributed by atoms with Gasteiger partial charge in [-0.25, -0.2) is 4.98 Å². The molecule has 2 aromatic heterocycles. The van der Waals surface area contributed by atoms with Crippen molar-refractivity contribution in [2.45, 2.75) is 91.1 Å². The number of nitrogens with two attached hydrogens (primary N) is 1. The summed E-state index contributed by atoms with van der Waals surface area (Å²) in [6, 6.07) is 8.27. The first-order valence-corrected chi connectivity index (χ1v) is 13.1. The van der Waals surface area contributed by atoms with Crippen molar-refractivity contribution in [3.63, 3.8) is 0 Å². The lowest BCUT2D eigenvalue weighted by Crippen LogP contribution is -2.27. The van der Waals surface area contributed by atoms with Crippen LogP contribution in [0.5, 0.6) is 0 Å². The van der Waals surface area contributed by atoms with Gasteiger partial charge in [0.1, 0.15) is 0 Å². The number of aromatic nitrogens is 5. The van der Waals surface area contributed by atoms with E-state index >= 15 is 0 Å². The number of nitrogens with one attached hydrogen (secondary N) is 1. The topological polar surface area (TPSA) is 104 Å². The van der Waals surface area contributed by atoms with Crippen LogP contribution in [-0.2, 0) is 25.8 Å². The molecule has 3 rings (SSSR count). The fourth-order valence-corrected chi connectivity index (χ4v) is 4.13. The number of amides is 1. The second-order valence-corrected chi connectivity index (χ2v) is 9.54. The van der Waals surface area contributed by atoms with Gasteiger partial charge in [0.25, 0.3) is 5.91 Å². The van der Waals surface area contributed by atoms with E-state index in [0.717, 1.165) is 49.9 Å². The van der Waals surface area contributed by atoms with E-state index < -0.39 is 0 Å². The van der Waals surface area contributed by atoms with E-state index in [4.69, 9.17) is 5.73 Å². The number of anilines is 1. The van der Waals surface area contributed by atoms with Crippen LogP contribution in [0.25, 0.3) is 0 Å². The summed E-state index contributed by atoms with van der Waals surface area (Å²) < 4.78 is 3.81. The summed E-state index contributed by atoms with van der Waals surface area (Å²) in [5.41, 5.74) is 10.0. The van der Waals surface area contributed by atoms with Gasteiger partial charge in [-0.05, 0) is 70.1 Å². The first-order chi connectivity index (χ1) is 17.0. The Morgan fingerprint density at radius 1 is 0.972 bits per heavy atom. The molecule has 3 N–H and O–H groups in total. The maximum atomic E-state index is 12.4. The van der Waals surface area contributed by atoms with E-state index in [-0.39, 0.29) is 18.3 Å². The highest BCUT2D eigenvalue weighted by molar-refractivity contribution is 5.94. The van der Waals surface area contributed by atoms with Gasteiger partial charge in [0.2, 0.25) is 5.95 Å². The van der Waals surface area contributed by atoms with Crippen LogP contribution >= 0.6 is 12.4 Å². The second kappa shape index (κ2) is 15.3. The summed E-state index contributed by atoms with van der Waals surface area (Å²) in [6.07, 6.45) is 13.9. The van der Waals surface area contributed by atoms with Gasteiger partial charge in [-0.3, -0.25) is 9.48 Å². The Balaban J connectivity index is 0.00000456. The number of halogens is 1. The number of carbonyl (C=O) groups is 1. The van der Waals surface area contributed by atoms with Crippen LogP contribution in [0.2, 0.25) is 0 Å². The van der Waals surface area contributed by atoms with Crippen molar-refractivity contribution in [1.82, 2.24) is 29.9 Å². The van der Waals surface area contributed by atoms with Crippen LogP contribution in [0.4, 0.5) is 5.95 Å². The molecule has 0 saturated heterocycles. The molecule has 3 aromatic rings.